The van der Waals surface area contributed by atoms with Crippen molar-refractivity contribution >= 4 is 32.7 Å². The van der Waals surface area contributed by atoms with Crippen molar-refractivity contribution in [3.05, 3.63) is 24.1 Å². The zero-order chi connectivity index (χ0) is 20.7. The third-order valence-electron chi connectivity index (χ3n) is 6.08. The molecule has 1 spiro atoms. The number of aromatic nitrogens is 2. The first-order chi connectivity index (χ1) is 14.6. The second-order valence-electron chi connectivity index (χ2n) is 8.00. The van der Waals surface area contributed by atoms with Crippen molar-refractivity contribution in [1.82, 2.24) is 14.9 Å². The van der Waals surface area contributed by atoms with Crippen LogP contribution in [0.1, 0.15) is 25.0 Å². The van der Waals surface area contributed by atoms with Crippen LogP contribution in [0.4, 0.5) is 9.93 Å². The van der Waals surface area contributed by atoms with Gasteiger partial charge in [0.15, 0.2) is 5.13 Å². The number of nitrogens with zero attached hydrogens (tertiary/aromatic N) is 3. The van der Waals surface area contributed by atoms with Crippen LogP contribution in [-0.4, -0.2) is 54.3 Å². The highest BCUT2D eigenvalue weighted by molar-refractivity contribution is 7.23. The second kappa shape index (κ2) is 7.55. The first kappa shape index (κ1) is 19.3. The average molecular weight is 429 g/mol. The maximum atomic E-state index is 12.9. The number of thiazole rings is 1. The quantitative estimate of drug-likeness (QED) is 0.669. The van der Waals surface area contributed by atoms with Crippen LogP contribution in [0, 0.1) is 12.3 Å². The van der Waals surface area contributed by atoms with Crippen molar-refractivity contribution in [2.75, 3.05) is 38.7 Å². The number of nitrogens with one attached hydrogen (secondary N) is 1. The van der Waals surface area contributed by atoms with Gasteiger partial charge in [0.05, 0.1) is 17.4 Å². The van der Waals surface area contributed by atoms with Gasteiger partial charge >= 0.3 is 6.03 Å². The van der Waals surface area contributed by atoms with Gasteiger partial charge in [-0.05, 0) is 43.7 Å². The molecule has 0 bridgehead atoms. The lowest BCUT2D eigenvalue weighted by Gasteiger charge is -2.33. The van der Waals surface area contributed by atoms with Crippen molar-refractivity contribution in [2.45, 2.75) is 26.2 Å². The van der Waals surface area contributed by atoms with Gasteiger partial charge in [0, 0.05) is 32.5 Å². The van der Waals surface area contributed by atoms with Crippen LogP contribution >= 0.6 is 11.3 Å². The number of methoxy groups -OCH3 is 1. The summed E-state index contributed by atoms with van der Waals surface area (Å²) in [6.07, 6.45) is 4.79. The van der Waals surface area contributed by atoms with E-state index in [0.717, 1.165) is 67.3 Å². The Morgan fingerprint density at radius 2 is 2.13 bits per heavy atom. The molecule has 5 rings (SSSR count). The highest BCUT2D eigenvalue weighted by Crippen LogP contribution is 2.41. The molecule has 30 heavy (non-hydrogen) atoms. The molecule has 2 aliphatic heterocycles. The number of carbonyl (C=O) groups is 1. The maximum absolute atomic E-state index is 12.9. The number of amides is 2. The molecule has 0 saturated carbocycles. The van der Waals surface area contributed by atoms with Crippen LogP contribution in [0.5, 0.6) is 5.88 Å². The fourth-order valence-electron chi connectivity index (χ4n) is 4.34. The maximum Gasteiger partial charge on any atom is 0.323 e. The number of aryl methyl sites for hydroxylation is 1. The molecule has 3 aromatic rings. The Hall–Kier alpha value is -2.65. The second-order valence-corrected chi connectivity index (χ2v) is 9.00. The van der Waals surface area contributed by atoms with E-state index in [4.69, 9.17) is 13.9 Å². The van der Waals surface area contributed by atoms with Crippen molar-refractivity contribution in [1.29, 1.82) is 0 Å². The van der Waals surface area contributed by atoms with Crippen LogP contribution in [0.25, 0.3) is 21.5 Å². The first-order valence-electron chi connectivity index (χ1n) is 10.1. The Morgan fingerprint density at radius 1 is 1.30 bits per heavy atom. The summed E-state index contributed by atoms with van der Waals surface area (Å²) in [6.45, 7) is 5.01. The molecule has 8 nitrogen and oxygen atoms in total. The molecule has 2 aliphatic rings. The number of rotatable bonds is 3. The number of pyridine rings is 1. The summed E-state index contributed by atoms with van der Waals surface area (Å²) in [7, 11) is 1.56. The molecule has 0 unspecified atom stereocenters. The van der Waals surface area contributed by atoms with Gasteiger partial charge in [-0.2, -0.15) is 0 Å². The van der Waals surface area contributed by atoms with Crippen LogP contribution in [0.2, 0.25) is 0 Å². The van der Waals surface area contributed by atoms with Crippen molar-refractivity contribution in [3.8, 4) is 17.2 Å². The van der Waals surface area contributed by atoms with Gasteiger partial charge in [-0.25, -0.2) is 14.8 Å². The fraction of sp³-hybridized carbons (Fsp3) is 0.476. The van der Waals surface area contributed by atoms with E-state index in [-0.39, 0.29) is 11.4 Å². The summed E-state index contributed by atoms with van der Waals surface area (Å²) in [5.74, 6) is 1.97. The molecule has 0 radical (unpaired) electrons. The molecule has 158 valence electrons. The molecule has 5 heterocycles. The Balaban J connectivity index is 1.40. The normalized spacial score (nSPS) is 18.3. The Morgan fingerprint density at radius 3 is 2.87 bits per heavy atom. The standard InChI is InChI=1S/C21H24N4O4S/c1-13-3-4-15(29-13)14-11-22-18(27-2)16-17(14)30-19(23-16)24-20(26)25-8-5-21(12-25)6-9-28-10-7-21/h3-4,11H,5-10,12H2,1-2H3,(H,23,24,26). The smallest absolute Gasteiger partial charge is 0.323 e. The van der Waals surface area contributed by atoms with Crippen LogP contribution < -0.4 is 10.1 Å². The van der Waals surface area contributed by atoms with E-state index in [2.05, 4.69) is 15.3 Å². The lowest BCUT2D eigenvalue weighted by atomic mass is 9.80. The Labute approximate surface area is 178 Å². The lowest BCUT2D eigenvalue weighted by Crippen LogP contribution is -2.37. The number of hydrogen-bond acceptors (Lipinski definition) is 7. The summed E-state index contributed by atoms with van der Waals surface area (Å²) >= 11 is 1.40. The lowest BCUT2D eigenvalue weighted by molar-refractivity contribution is 0.0211. The summed E-state index contributed by atoms with van der Waals surface area (Å²) in [5.41, 5.74) is 1.66. The van der Waals surface area contributed by atoms with E-state index in [9.17, 15) is 4.79 Å². The minimum Gasteiger partial charge on any atom is -0.479 e. The largest absolute Gasteiger partial charge is 0.479 e. The number of likely N-dealkylation sites (tertiary alicyclic amines) is 1. The highest BCUT2D eigenvalue weighted by Gasteiger charge is 2.41. The van der Waals surface area contributed by atoms with Gasteiger partial charge in [-0.1, -0.05) is 11.3 Å². The SMILES string of the molecule is COc1ncc(-c2ccc(C)o2)c2sc(NC(=O)N3CCC4(CCOCC4)C3)nc12. The molecule has 2 amide bonds. The molecular weight excluding hydrogens is 404 g/mol. The van der Waals surface area contributed by atoms with Gasteiger partial charge in [-0.15, -0.1) is 0 Å². The monoisotopic (exact) mass is 428 g/mol. The third-order valence-corrected chi connectivity index (χ3v) is 7.08. The number of ether oxygens (including phenoxy) is 2. The van der Waals surface area contributed by atoms with Gasteiger partial charge in [0.25, 0.3) is 0 Å². The summed E-state index contributed by atoms with van der Waals surface area (Å²) in [6, 6.07) is 3.71. The van der Waals surface area contributed by atoms with Crippen LogP contribution in [-0.2, 0) is 4.74 Å². The summed E-state index contributed by atoms with van der Waals surface area (Å²) in [5, 5.41) is 3.51. The molecule has 0 atom stereocenters. The molecule has 1 N–H and O–H groups in total. The van der Waals surface area contributed by atoms with E-state index in [1.165, 1.54) is 11.3 Å². The minimum absolute atomic E-state index is 0.111. The van der Waals surface area contributed by atoms with Crippen molar-refractivity contribution < 1.29 is 18.7 Å². The zero-order valence-corrected chi connectivity index (χ0v) is 17.9. The van der Waals surface area contributed by atoms with E-state index in [1.54, 1.807) is 13.3 Å². The van der Waals surface area contributed by atoms with E-state index in [0.29, 0.717) is 16.5 Å². The van der Waals surface area contributed by atoms with Gasteiger partial charge in [0.2, 0.25) is 5.88 Å². The molecule has 2 saturated heterocycles. The molecule has 0 aromatic carbocycles. The van der Waals surface area contributed by atoms with Gasteiger partial charge < -0.3 is 18.8 Å². The zero-order valence-electron chi connectivity index (χ0n) is 17.1. The van der Waals surface area contributed by atoms with Gasteiger partial charge in [-0.3, -0.25) is 5.32 Å². The van der Waals surface area contributed by atoms with Crippen LogP contribution in [0.3, 0.4) is 0 Å². The number of carbonyl (C=O) groups excluding carboxylic acids is 1. The highest BCUT2D eigenvalue weighted by atomic mass is 32.1. The number of anilines is 1. The number of fused-ring (bicyclic) bond motifs is 1. The van der Waals surface area contributed by atoms with E-state index in [1.807, 2.05) is 24.0 Å². The molecule has 9 heteroatoms. The number of furan rings is 1. The third kappa shape index (κ3) is 3.41. The van der Waals surface area contributed by atoms with E-state index < -0.39 is 0 Å². The molecule has 3 aromatic heterocycles. The molecule has 0 aliphatic carbocycles. The number of hydrogen-bond donors (Lipinski definition) is 1. The first-order valence-corrected chi connectivity index (χ1v) is 10.9. The predicted molar refractivity (Wildman–Crippen MR) is 114 cm³/mol. The van der Waals surface area contributed by atoms with E-state index >= 15 is 0 Å². The van der Waals surface area contributed by atoms with Gasteiger partial charge in [0.1, 0.15) is 17.0 Å². The Kier molecular flexibility index (Phi) is 4.86. The Bertz CT molecular complexity index is 1090. The molecule has 2 fully saturated rings. The predicted octanol–water partition coefficient (Wildman–Crippen LogP) is 4.30. The topological polar surface area (TPSA) is 89.7 Å². The average Bonchev–Trinajstić information content (AvgIpc) is 3.47. The summed E-state index contributed by atoms with van der Waals surface area (Å²) in [4.78, 5) is 23.8. The number of urea groups is 1. The van der Waals surface area contributed by atoms with Crippen molar-refractivity contribution in [2.24, 2.45) is 5.41 Å². The van der Waals surface area contributed by atoms with Crippen molar-refractivity contribution in [3.63, 3.8) is 0 Å². The fourth-order valence-corrected chi connectivity index (χ4v) is 5.30. The summed E-state index contributed by atoms with van der Waals surface area (Å²) < 4.78 is 17.5. The molecular formula is C21H24N4O4S. The van der Waals surface area contributed by atoms with Crippen LogP contribution in [0.15, 0.2) is 22.7 Å². The minimum atomic E-state index is -0.111.